The molecule has 0 aromatic carbocycles. The molecule has 4 heteroatoms. The van der Waals surface area contributed by atoms with E-state index in [2.05, 4.69) is 0 Å². The predicted octanol–water partition coefficient (Wildman–Crippen LogP) is 1.53. The van der Waals surface area contributed by atoms with Gasteiger partial charge >= 0.3 is 11.9 Å². The normalized spacial score (nSPS) is 14.3. The van der Waals surface area contributed by atoms with Gasteiger partial charge in [-0.2, -0.15) is 0 Å². The molecule has 0 spiro atoms. The molecule has 0 N–H and O–H groups in total. The Balaban J connectivity index is 4.37. The lowest BCUT2D eigenvalue weighted by atomic mass is 10.0. The van der Waals surface area contributed by atoms with Crippen LogP contribution in [0.15, 0.2) is 0 Å². The van der Waals surface area contributed by atoms with Gasteiger partial charge in [0.1, 0.15) is 0 Å². The maximum absolute atomic E-state index is 11.4. The van der Waals surface area contributed by atoms with Crippen molar-refractivity contribution in [3.8, 4) is 0 Å². The van der Waals surface area contributed by atoms with Crippen molar-refractivity contribution in [3.05, 3.63) is 0 Å². The maximum atomic E-state index is 11.4. The van der Waals surface area contributed by atoms with Gasteiger partial charge in [-0.1, -0.05) is 13.8 Å². The van der Waals surface area contributed by atoms with Crippen LogP contribution < -0.4 is 0 Å². The van der Waals surface area contributed by atoms with Crippen LogP contribution >= 0.6 is 0 Å². The SMILES string of the molecule is CCOC(=O)C(OC(C)=O)C(C)CC. The van der Waals surface area contributed by atoms with Gasteiger partial charge in [0.15, 0.2) is 0 Å². The summed E-state index contributed by atoms with van der Waals surface area (Å²) in [5.74, 6) is -0.932. The van der Waals surface area contributed by atoms with Gasteiger partial charge in [-0.3, -0.25) is 4.79 Å². The Morgan fingerprint density at radius 2 is 1.86 bits per heavy atom. The van der Waals surface area contributed by atoms with E-state index in [1.165, 1.54) is 6.92 Å². The average Bonchev–Trinajstić information content (AvgIpc) is 2.13. The van der Waals surface area contributed by atoms with E-state index in [1.54, 1.807) is 6.92 Å². The number of esters is 2. The largest absolute Gasteiger partial charge is 0.463 e. The van der Waals surface area contributed by atoms with E-state index in [0.29, 0.717) is 6.61 Å². The Bertz CT molecular complexity index is 200. The minimum atomic E-state index is -0.766. The Morgan fingerprint density at radius 3 is 2.21 bits per heavy atom. The second kappa shape index (κ2) is 6.40. The fourth-order valence-corrected chi connectivity index (χ4v) is 1.01. The molecule has 0 saturated heterocycles. The molecule has 0 aliphatic rings. The first kappa shape index (κ1) is 12.9. The van der Waals surface area contributed by atoms with Crippen LogP contribution in [0.3, 0.4) is 0 Å². The fraction of sp³-hybridized carbons (Fsp3) is 0.800. The van der Waals surface area contributed by atoms with Crippen LogP contribution in [0.1, 0.15) is 34.1 Å². The number of hydrogen-bond donors (Lipinski definition) is 0. The topological polar surface area (TPSA) is 52.6 Å². The molecule has 0 rings (SSSR count). The highest BCUT2D eigenvalue weighted by Gasteiger charge is 2.28. The average molecular weight is 202 g/mol. The van der Waals surface area contributed by atoms with Crippen LogP contribution in [0, 0.1) is 5.92 Å². The zero-order valence-corrected chi connectivity index (χ0v) is 9.20. The molecule has 2 unspecified atom stereocenters. The molecule has 0 aliphatic carbocycles. The predicted molar refractivity (Wildman–Crippen MR) is 51.6 cm³/mol. The molecule has 0 bridgehead atoms. The number of carbonyl (C=O) groups excluding carboxylic acids is 2. The van der Waals surface area contributed by atoms with Gasteiger partial charge < -0.3 is 9.47 Å². The van der Waals surface area contributed by atoms with Crippen molar-refractivity contribution in [1.29, 1.82) is 0 Å². The summed E-state index contributed by atoms with van der Waals surface area (Å²) in [5, 5.41) is 0. The molecule has 0 saturated carbocycles. The minimum Gasteiger partial charge on any atom is -0.463 e. The summed E-state index contributed by atoms with van der Waals surface area (Å²) < 4.78 is 9.72. The van der Waals surface area contributed by atoms with Gasteiger partial charge in [0, 0.05) is 12.8 Å². The highest BCUT2D eigenvalue weighted by atomic mass is 16.6. The molecular weight excluding hydrogens is 184 g/mol. The summed E-state index contributed by atoms with van der Waals surface area (Å²) in [5.41, 5.74) is 0. The molecule has 0 heterocycles. The molecule has 2 atom stereocenters. The first-order valence-electron chi connectivity index (χ1n) is 4.86. The van der Waals surface area contributed by atoms with Gasteiger partial charge in [0.25, 0.3) is 0 Å². The second-order valence-corrected chi connectivity index (χ2v) is 3.17. The Hall–Kier alpha value is -1.06. The zero-order valence-electron chi connectivity index (χ0n) is 9.20. The summed E-state index contributed by atoms with van der Waals surface area (Å²) in [6.07, 6.45) is -0.00557. The summed E-state index contributed by atoms with van der Waals surface area (Å²) in [4.78, 5) is 22.1. The minimum absolute atomic E-state index is 0.0158. The summed E-state index contributed by atoms with van der Waals surface area (Å²) >= 11 is 0. The summed E-state index contributed by atoms with van der Waals surface area (Å²) in [7, 11) is 0. The van der Waals surface area contributed by atoms with E-state index in [1.807, 2.05) is 13.8 Å². The van der Waals surface area contributed by atoms with E-state index < -0.39 is 18.0 Å². The van der Waals surface area contributed by atoms with Crippen molar-refractivity contribution in [2.45, 2.75) is 40.2 Å². The molecule has 0 amide bonds. The number of carbonyl (C=O) groups is 2. The van der Waals surface area contributed by atoms with Crippen LogP contribution in [-0.2, 0) is 19.1 Å². The third-order valence-electron chi connectivity index (χ3n) is 1.97. The summed E-state index contributed by atoms with van der Waals surface area (Å²) in [6.45, 7) is 7.09. The molecule has 0 aromatic rings. The van der Waals surface area contributed by atoms with Gasteiger partial charge in [-0.05, 0) is 13.3 Å². The number of hydrogen-bond acceptors (Lipinski definition) is 4. The Kier molecular flexibility index (Phi) is 5.92. The third kappa shape index (κ3) is 4.25. The van der Waals surface area contributed by atoms with Gasteiger partial charge in [0.2, 0.25) is 6.10 Å². The quantitative estimate of drug-likeness (QED) is 0.634. The molecule has 82 valence electrons. The zero-order chi connectivity index (χ0) is 11.1. The van der Waals surface area contributed by atoms with E-state index in [4.69, 9.17) is 9.47 Å². The smallest absolute Gasteiger partial charge is 0.347 e. The Labute approximate surface area is 84.6 Å². The van der Waals surface area contributed by atoms with Crippen LogP contribution in [0.2, 0.25) is 0 Å². The van der Waals surface area contributed by atoms with Crippen LogP contribution in [0.25, 0.3) is 0 Å². The van der Waals surface area contributed by atoms with E-state index in [0.717, 1.165) is 6.42 Å². The molecule has 0 aliphatic heterocycles. The Morgan fingerprint density at radius 1 is 1.29 bits per heavy atom. The van der Waals surface area contributed by atoms with Gasteiger partial charge in [0.05, 0.1) is 6.61 Å². The molecule has 0 fully saturated rings. The van der Waals surface area contributed by atoms with Crippen molar-refractivity contribution in [2.24, 2.45) is 5.92 Å². The molecule has 0 aromatic heterocycles. The van der Waals surface area contributed by atoms with Crippen LogP contribution in [-0.4, -0.2) is 24.6 Å². The third-order valence-corrected chi connectivity index (χ3v) is 1.97. The lowest BCUT2D eigenvalue weighted by Gasteiger charge is -2.20. The van der Waals surface area contributed by atoms with Gasteiger partial charge in [-0.25, -0.2) is 4.79 Å². The van der Waals surface area contributed by atoms with Crippen molar-refractivity contribution in [3.63, 3.8) is 0 Å². The molecule has 14 heavy (non-hydrogen) atoms. The van der Waals surface area contributed by atoms with E-state index in [9.17, 15) is 9.59 Å². The van der Waals surface area contributed by atoms with Crippen molar-refractivity contribution in [1.82, 2.24) is 0 Å². The van der Waals surface area contributed by atoms with E-state index in [-0.39, 0.29) is 5.92 Å². The van der Waals surface area contributed by atoms with Crippen molar-refractivity contribution in [2.75, 3.05) is 6.61 Å². The number of ether oxygens (including phenoxy) is 2. The second-order valence-electron chi connectivity index (χ2n) is 3.17. The first-order chi connectivity index (χ1) is 6.52. The van der Waals surface area contributed by atoms with Crippen molar-refractivity contribution < 1.29 is 19.1 Å². The van der Waals surface area contributed by atoms with Crippen LogP contribution in [0.5, 0.6) is 0 Å². The van der Waals surface area contributed by atoms with Crippen molar-refractivity contribution >= 4 is 11.9 Å². The van der Waals surface area contributed by atoms with Crippen LogP contribution in [0.4, 0.5) is 0 Å². The maximum Gasteiger partial charge on any atom is 0.347 e. The fourth-order valence-electron chi connectivity index (χ4n) is 1.01. The standard InChI is InChI=1S/C10H18O4/c1-5-7(3)9(14-8(4)11)10(12)13-6-2/h7,9H,5-6H2,1-4H3. The first-order valence-corrected chi connectivity index (χ1v) is 4.86. The van der Waals surface area contributed by atoms with Gasteiger partial charge in [-0.15, -0.1) is 0 Å². The lowest BCUT2D eigenvalue weighted by molar-refractivity contribution is -0.170. The molecular formula is C10H18O4. The lowest BCUT2D eigenvalue weighted by Crippen LogP contribution is -2.34. The molecule has 0 radical (unpaired) electrons. The number of rotatable bonds is 5. The monoisotopic (exact) mass is 202 g/mol. The summed E-state index contributed by atoms with van der Waals surface area (Å²) in [6, 6.07) is 0. The molecule has 4 nitrogen and oxygen atoms in total. The van der Waals surface area contributed by atoms with E-state index >= 15 is 0 Å². The highest BCUT2D eigenvalue weighted by Crippen LogP contribution is 2.13. The highest BCUT2D eigenvalue weighted by molar-refractivity contribution is 5.78.